The van der Waals surface area contributed by atoms with Crippen LogP contribution in [-0.2, 0) is 6.54 Å². The van der Waals surface area contributed by atoms with Crippen molar-refractivity contribution >= 4 is 11.6 Å². The second-order valence-electron chi connectivity index (χ2n) is 4.79. The van der Waals surface area contributed by atoms with Crippen LogP contribution in [0.4, 0.5) is 0 Å². The first-order valence-electron chi connectivity index (χ1n) is 6.42. The Morgan fingerprint density at radius 3 is 3.05 bits per heavy atom. The number of rotatable bonds is 4. The summed E-state index contributed by atoms with van der Waals surface area (Å²) in [6.45, 7) is 4.11. The Bertz CT molecular complexity index is 777. The maximum Gasteiger partial charge on any atom is 0.253 e. The molecule has 0 atom stereocenters. The standard InChI is InChI=1S/C12H13N7O2/c1-7(2)12-14-9(16-21-12)5-13-11(20)8-3-4-10-15-17-18-19(10)6-8/h3-4,6-7H,5H2,1-2H3,(H,13,20). The van der Waals surface area contributed by atoms with Gasteiger partial charge < -0.3 is 9.84 Å². The quantitative estimate of drug-likeness (QED) is 0.746. The van der Waals surface area contributed by atoms with E-state index in [0.717, 1.165) is 0 Å². The topological polar surface area (TPSA) is 111 Å². The number of fused-ring (bicyclic) bond motifs is 1. The maximum atomic E-state index is 12.0. The summed E-state index contributed by atoms with van der Waals surface area (Å²) in [5.41, 5.74) is 1.02. The van der Waals surface area contributed by atoms with E-state index in [2.05, 4.69) is 31.0 Å². The van der Waals surface area contributed by atoms with Crippen LogP contribution in [0.2, 0.25) is 0 Å². The number of carbonyl (C=O) groups excluding carboxylic acids is 1. The second-order valence-corrected chi connectivity index (χ2v) is 4.79. The van der Waals surface area contributed by atoms with Gasteiger partial charge in [0.1, 0.15) is 0 Å². The highest BCUT2D eigenvalue weighted by atomic mass is 16.5. The SMILES string of the molecule is CC(C)c1nc(CNC(=O)c2ccc3nnnn3c2)no1. The number of hydrogen-bond donors (Lipinski definition) is 1. The van der Waals surface area contributed by atoms with Crippen molar-refractivity contribution in [3.8, 4) is 0 Å². The van der Waals surface area contributed by atoms with Crippen molar-refractivity contribution in [3.63, 3.8) is 0 Å². The Labute approximate surface area is 119 Å². The first kappa shape index (κ1) is 13.2. The Hall–Kier alpha value is -2.84. The average molecular weight is 287 g/mol. The molecular weight excluding hydrogens is 274 g/mol. The number of hydrogen-bond acceptors (Lipinski definition) is 7. The van der Waals surface area contributed by atoms with Gasteiger partial charge >= 0.3 is 0 Å². The molecule has 21 heavy (non-hydrogen) atoms. The number of pyridine rings is 1. The molecule has 1 N–H and O–H groups in total. The summed E-state index contributed by atoms with van der Waals surface area (Å²) >= 11 is 0. The molecule has 0 bridgehead atoms. The van der Waals surface area contributed by atoms with Gasteiger partial charge in [0.15, 0.2) is 11.5 Å². The van der Waals surface area contributed by atoms with E-state index in [1.165, 1.54) is 4.52 Å². The fourth-order valence-corrected chi connectivity index (χ4v) is 1.71. The van der Waals surface area contributed by atoms with E-state index in [1.54, 1.807) is 18.3 Å². The molecule has 0 saturated heterocycles. The van der Waals surface area contributed by atoms with Crippen molar-refractivity contribution in [1.82, 2.24) is 35.5 Å². The average Bonchev–Trinajstić information content (AvgIpc) is 3.12. The minimum atomic E-state index is -0.261. The second kappa shape index (κ2) is 5.27. The Morgan fingerprint density at radius 2 is 2.29 bits per heavy atom. The van der Waals surface area contributed by atoms with E-state index in [9.17, 15) is 4.79 Å². The fraction of sp³-hybridized carbons (Fsp3) is 0.333. The highest BCUT2D eigenvalue weighted by Crippen LogP contribution is 2.10. The van der Waals surface area contributed by atoms with Gasteiger partial charge in [-0.15, -0.1) is 5.10 Å². The summed E-state index contributed by atoms with van der Waals surface area (Å²) < 4.78 is 6.50. The predicted octanol–water partition coefficient (Wildman–Crippen LogP) is 0.561. The molecule has 0 unspecified atom stereocenters. The van der Waals surface area contributed by atoms with Gasteiger partial charge in [-0.2, -0.15) is 9.50 Å². The van der Waals surface area contributed by atoms with E-state index in [1.807, 2.05) is 13.8 Å². The number of amides is 1. The lowest BCUT2D eigenvalue weighted by Crippen LogP contribution is -2.23. The number of nitrogens with zero attached hydrogens (tertiary/aromatic N) is 6. The summed E-state index contributed by atoms with van der Waals surface area (Å²) in [6, 6.07) is 3.32. The van der Waals surface area contributed by atoms with E-state index in [0.29, 0.717) is 22.9 Å². The Balaban J connectivity index is 1.67. The highest BCUT2D eigenvalue weighted by molar-refractivity contribution is 5.94. The first-order valence-corrected chi connectivity index (χ1v) is 6.42. The van der Waals surface area contributed by atoms with Gasteiger partial charge in [-0.25, -0.2) is 0 Å². The van der Waals surface area contributed by atoms with Gasteiger partial charge in [0.05, 0.1) is 12.1 Å². The van der Waals surface area contributed by atoms with Crippen LogP contribution >= 0.6 is 0 Å². The smallest absolute Gasteiger partial charge is 0.253 e. The van der Waals surface area contributed by atoms with Gasteiger partial charge in [-0.05, 0) is 22.6 Å². The van der Waals surface area contributed by atoms with Gasteiger partial charge in [0, 0.05) is 12.1 Å². The molecule has 0 aliphatic rings. The minimum absolute atomic E-state index is 0.157. The molecule has 3 aromatic rings. The summed E-state index contributed by atoms with van der Waals surface area (Å²) in [5.74, 6) is 0.886. The van der Waals surface area contributed by atoms with Gasteiger partial charge in [-0.1, -0.05) is 19.0 Å². The molecule has 0 aliphatic carbocycles. The molecule has 0 radical (unpaired) electrons. The van der Waals surface area contributed by atoms with E-state index < -0.39 is 0 Å². The molecule has 0 fully saturated rings. The van der Waals surface area contributed by atoms with Crippen molar-refractivity contribution < 1.29 is 9.32 Å². The lowest BCUT2D eigenvalue weighted by atomic mass is 10.2. The Morgan fingerprint density at radius 1 is 1.43 bits per heavy atom. The zero-order valence-corrected chi connectivity index (χ0v) is 11.5. The van der Waals surface area contributed by atoms with Gasteiger partial charge in [0.25, 0.3) is 5.91 Å². The molecule has 1 amide bonds. The molecule has 9 heteroatoms. The maximum absolute atomic E-state index is 12.0. The summed E-state index contributed by atoms with van der Waals surface area (Å²) in [7, 11) is 0. The van der Waals surface area contributed by atoms with Crippen molar-refractivity contribution in [1.29, 1.82) is 0 Å². The van der Waals surface area contributed by atoms with Crippen LogP contribution in [-0.4, -0.2) is 36.1 Å². The third-order valence-corrected chi connectivity index (χ3v) is 2.84. The summed E-state index contributed by atoms with van der Waals surface area (Å²) in [6.07, 6.45) is 1.56. The molecule has 0 spiro atoms. The normalized spacial score (nSPS) is 11.2. The minimum Gasteiger partial charge on any atom is -0.345 e. The van der Waals surface area contributed by atoms with Crippen LogP contribution in [0.5, 0.6) is 0 Å². The van der Waals surface area contributed by atoms with Gasteiger partial charge in [0.2, 0.25) is 5.89 Å². The van der Waals surface area contributed by atoms with E-state index in [-0.39, 0.29) is 18.4 Å². The number of tetrazole rings is 1. The third kappa shape index (κ3) is 2.71. The third-order valence-electron chi connectivity index (χ3n) is 2.84. The zero-order valence-electron chi connectivity index (χ0n) is 11.5. The molecule has 3 heterocycles. The monoisotopic (exact) mass is 287 g/mol. The zero-order chi connectivity index (χ0) is 14.8. The summed E-state index contributed by atoms with van der Waals surface area (Å²) in [5, 5.41) is 17.5. The lowest BCUT2D eigenvalue weighted by molar-refractivity contribution is 0.0949. The molecule has 3 aromatic heterocycles. The molecule has 0 saturated carbocycles. The van der Waals surface area contributed by atoms with Crippen molar-refractivity contribution in [2.24, 2.45) is 0 Å². The number of carbonyl (C=O) groups is 1. The molecule has 3 rings (SSSR count). The number of aromatic nitrogens is 6. The van der Waals surface area contributed by atoms with Crippen molar-refractivity contribution in [2.45, 2.75) is 26.3 Å². The van der Waals surface area contributed by atoms with Crippen LogP contribution in [0.1, 0.15) is 41.8 Å². The molecule has 0 aliphatic heterocycles. The molecule has 9 nitrogen and oxygen atoms in total. The van der Waals surface area contributed by atoms with Crippen LogP contribution in [0.3, 0.4) is 0 Å². The lowest BCUT2D eigenvalue weighted by Gasteiger charge is -2.02. The molecule has 108 valence electrons. The van der Waals surface area contributed by atoms with Crippen LogP contribution in [0, 0.1) is 0 Å². The fourth-order valence-electron chi connectivity index (χ4n) is 1.71. The highest BCUT2D eigenvalue weighted by Gasteiger charge is 2.12. The van der Waals surface area contributed by atoms with Gasteiger partial charge in [-0.3, -0.25) is 4.79 Å². The van der Waals surface area contributed by atoms with Crippen molar-refractivity contribution in [2.75, 3.05) is 0 Å². The van der Waals surface area contributed by atoms with Crippen LogP contribution in [0.25, 0.3) is 5.65 Å². The van der Waals surface area contributed by atoms with Crippen molar-refractivity contribution in [3.05, 3.63) is 35.6 Å². The number of nitrogens with one attached hydrogen (secondary N) is 1. The Kier molecular flexibility index (Phi) is 3.30. The molecular formula is C12H13N7O2. The summed E-state index contributed by atoms with van der Waals surface area (Å²) in [4.78, 5) is 16.2. The predicted molar refractivity (Wildman–Crippen MR) is 70.3 cm³/mol. The van der Waals surface area contributed by atoms with E-state index in [4.69, 9.17) is 4.52 Å². The largest absolute Gasteiger partial charge is 0.345 e. The van der Waals surface area contributed by atoms with Crippen LogP contribution < -0.4 is 5.32 Å². The first-order chi connectivity index (χ1) is 10.1. The van der Waals surface area contributed by atoms with E-state index >= 15 is 0 Å². The molecule has 0 aromatic carbocycles. The van der Waals surface area contributed by atoms with Crippen LogP contribution in [0.15, 0.2) is 22.9 Å².